The second kappa shape index (κ2) is 6.41. The summed E-state index contributed by atoms with van der Waals surface area (Å²) in [5.74, 6) is -1.13. The van der Waals surface area contributed by atoms with Crippen LogP contribution in [0.25, 0.3) is 0 Å². The van der Waals surface area contributed by atoms with Gasteiger partial charge in [-0.1, -0.05) is 24.3 Å². The van der Waals surface area contributed by atoms with Gasteiger partial charge in [0, 0.05) is 24.7 Å². The van der Waals surface area contributed by atoms with Crippen molar-refractivity contribution in [1.82, 2.24) is 4.90 Å². The molecule has 0 aliphatic rings. The number of rotatable bonds is 5. The number of nitro groups is 1. The number of nitrogens with zero attached hydrogens (tertiary/aromatic N) is 2. The summed E-state index contributed by atoms with van der Waals surface area (Å²) in [6, 6.07) is 10.1. The third kappa shape index (κ3) is 3.82. The van der Waals surface area contributed by atoms with E-state index in [9.17, 15) is 18.9 Å². The topological polar surface area (TPSA) is 46.4 Å². The van der Waals surface area contributed by atoms with Crippen molar-refractivity contribution in [3.05, 3.63) is 75.3 Å². The molecule has 0 atom stereocenters. The molecule has 0 heterocycles. The monoisotopic (exact) mass is 292 g/mol. The molecule has 2 rings (SSSR count). The highest BCUT2D eigenvalue weighted by Crippen LogP contribution is 2.21. The van der Waals surface area contributed by atoms with E-state index in [0.717, 1.165) is 11.6 Å². The second-order valence-corrected chi connectivity index (χ2v) is 4.81. The zero-order valence-corrected chi connectivity index (χ0v) is 11.4. The maximum Gasteiger partial charge on any atom is 0.305 e. The molecule has 0 bridgehead atoms. The quantitative estimate of drug-likeness (QED) is 0.626. The lowest BCUT2D eigenvalue weighted by atomic mass is 10.1. The molecule has 0 spiro atoms. The molecule has 0 aromatic heterocycles. The molecule has 6 heteroatoms. The lowest BCUT2D eigenvalue weighted by molar-refractivity contribution is -0.387. The normalized spacial score (nSPS) is 10.9. The summed E-state index contributed by atoms with van der Waals surface area (Å²) >= 11 is 0. The van der Waals surface area contributed by atoms with Crippen molar-refractivity contribution in [3.8, 4) is 0 Å². The zero-order chi connectivity index (χ0) is 15.4. The lowest BCUT2D eigenvalue weighted by Gasteiger charge is -2.17. The average molecular weight is 292 g/mol. The van der Waals surface area contributed by atoms with E-state index in [1.807, 2.05) is 0 Å². The Morgan fingerprint density at radius 2 is 1.76 bits per heavy atom. The molecule has 0 unspecified atom stereocenters. The molecule has 0 aliphatic heterocycles. The highest BCUT2D eigenvalue weighted by molar-refractivity contribution is 5.36. The maximum atomic E-state index is 14.0. The van der Waals surface area contributed by atoms with Gasteiger partial charge in [-0.25, -0.2) is 4.39 Å². The first-order chi connectivity index (χ1) is 9.97. The molecule has 0 radical (unpaired) electrons. The van der Waals surface area contributed by atoms with Crippen molar-refractivity contribution >= 4 is 5.69 Å². The van der Waals surface area contributed by atoms with E-state index in [0.29, 0.717) is 6.54 Å². The first-order valence-electron chi connectivity index (χ1n) is 6.32. The Kier molecular flexibility index (Phi) is 4.59. The summed E-state index contributed by atoms with van der Waals surface area (Å²) in [5, 5.41) is 10.7. The number of hydrogen-bond donors (Lipinski definition) is 0. The van der Waals surface area contributed by atoms with Gasteiger partial charge in [0.15, 0.2) is 0 Å². The third-order valence-corrected chi connectivity index (χ3v) is 3.06. The van der Waals surface area contributed by atoms with Crippen molar-refractivity contribution in [2.45, 2.75) is 13.1 Å². The number of nitro benzene ring substituents is 1. The summed E-state index contributed by atoms with van der Waals surface area (Å²) in [5.41, 5.74) is 0.612. The summed E-state index contributed by atoms with van der Waals surface area (Å²) in [6.45, 7) is 0.716. The van der Waals surface area contributed by atoms with Crippen molar-refractivity contribution in [2.75, 3.05) is 7.05 Å². The Labute approximate surface area is 120 Å². The van der Waals surface area contributed by atoms with Gasteiger partial charge in [0.1, 0.15) is 5.82 Å². The Hall–Kier alpha value is -2.34. The first kappa shape index (κ1) is 15.1. The lowest BCUT2D eigenvalue weighted by Crippen LogP contribution is -2.18. The molecule has 21 heavy (non-hydrogen) atoms. The van der Waals surface area contributed by atoms with Gasteiger partial charge in [-0.3, -0.25) is 15.0 Å². The van der Waals surface area contributed by atoms with Gasteiger partial charge in [-0.05, 0) is 24.7 Å². The van der Waals surface area contributed by atoms with Crippen molar-refractivity contribution in [2.24, 2.45) is 0 Å². The van der Waals surface area contributed by atoms with Gasteiger partial charge < -0.3 is 0 Å². The van der Waals surface area contributed by atoms with Crippen LogP contribution in [-0.4, -0.2) is 16.9 Å². The Balaban J connectivity index is 2.09. The number of halogens is 2. The Morgan fingerprint density at radius 3 is 2.38 bits per heavy atom. The van der Waals surface area contributed by atoms with Crippen LogP contribution in [0.3, 0.4) is 0 Å². The van der Waals surface area contributed by atoms with E-state index < -0.39 is 16.4 Å². The molecule has 2 aromatic carbocycles. The van der Waals surface area contributed by atoms with Crippen molar-refractivity contribution in [1.29, 1.82) is 0 Å². The molecule has 4 nitrogen and oxygen atoms in total. The number of benzene rings is 2. The predicted molar refractivity (Wildman–Crippen MR) is 74.6 cm³/mol. The van der Waals surface area contributed by atoms with Gasteiger partial charge in [-0.2, -0.15) is 4.39 Å². The smallest absolute Gasteiger partial charge is 0.298 e. The molecule has 0 fully saturated rings. The fourth-order valence-corrected chi connectivity index (χ4v) is 2.08. The minimum atomic E-state index is -0.812. The van der Waals surface area contributed by atoms with E-state index >= 15 is 0 Å². The van der Waals surface area contributed by atoms with Crippen molar-refractivity contribution in [3.63, 3.8) is 0 Å². The highest BCUT2D eigenvalue weighted by Gasteiger charge is 2.17. The molecule has 0 aliphatic carbocycles. The number of hydrogen-bond acceptors (Lipinski definition) is 3. The third-order valence-electron chi connectivity index (χ3n) is 3.06. The van der Waals surface area contributed by atoms with E-state index in [-0.39, 0.29) is 17.9 Å². The fourth-order valence-electron chi connectivity index (χ4n) is 2.08. The van der Waals surface area contributed by atoms with Crippen LogP contribution < -0.4 is 0 Å². The van der Waals surface area contributed by atoms with Gasteiger partial charge >= 0.3 is 5.69 Å². The van der Waals surface area contributed by atoms with Crippen molar-refractivity contribution < 1.29 is 13.7 Å². The largest absolute Gasteiger partial charge is 0.305 e. The summed E-state index contributed by atoms with van der Waals surface area (Å²) in [6.07, 6.45) is 0. The fraction of sp³-hybridized carbons (Fsp3) is 0.200. The Morgan fingerprint density at radius 1 is 1.10 bits per heavy atom. The molecule has 0 saturated heterocycles. The minimum Gasteiger partial charge on any atom is -0.298 e. The van der Waals surface area contributed by atoms with Crippen LogP contribution in [0, 0.1) is 21.7 Å². The summed E-state index contributed by atoms with van der Waals surface area (Å²) < 4.78 is 26.8. The zero-order valence-electron chi connectivity index (χ0n) is 11.4. The molecule has 2 aromatic rings. The standard InChI is InChI=1S/C15H14F2N2O2/c1-18(9-11-5-7-13(16)8-6-11)10-12-3-2-4-14(15(12)17)19(20)21/h2-8H,9-10H2,1H3. The molecular weight excluding hydrogens is 278 g/mol. The second-order valence-electron chi connectivity index (χ2n) is 4.81. The highest BCUT2D eigenvalue weighted by atomic mass is 19.1. The van der Waals surface area contributed by atoms with Crippen LogP contribution in [0.15, 0.2) is 42.5 Å². The predicted octanol–water partition coefficient (Wildman–Crippen LogP) is 3.51. The van der Waals surface area contributed by atoms with Gasteiger partial charge in [0.2, 0.25) is 5.82 Å². The van der Waals surface area contributed by atoms with Crippen LogP contribution in [-0.2, 0) is 13.1 Å². The van der Waals surface area contributed by atoms with E-state index in [4.69, 9.17) is 0 Å². The van der Waals surface area contributed by atoms with Crippen LogP contribution in [0.4, 0.5) is 14.5 Å². The summed E-state index contributed by atoms with van der Waals surface area (Å²) in [4.78, 5) is 11.8. The maximum absolute atomic E-state index is 14.0. The van der Waals surface area contributed by atoms with Crippen LogP contribution >= 0.6 is 0 Å². The van der Waals surface area contributed by atoms with Gasteiger partial charge in [0.05, 0.1) is 4.92 Å². The summed E-state index contributed by atoms with van der Waals surface area (Å²) in [7, 11) is 1.77. The van der Waals surface area contributed by atoms with E-state index in [1.165, 1.54) is 24.3 Å². The minimum absolute atomic E-state index is 0.227. The van der Waals surface area contributed by atoms with Crippen LogP contribution in [0.2, 0.25) is 0 Å². The van der Waals surface area contributed by atoms with E-state index in [1.54, 1.807) is 24.1 Å². The molecule has 0 saturated carbocycles. The van der Waals surface area contributed by atoms with Gasteiger partial charge in [-0.15, -0.1) is 0 Å². The Bertz CT molecular complexity index is 645. The SMILES string of the molecule is CN(Cc1ccc(F)cc1)Cc1cccc([N+](=O)[O-])c1F. The van der Waals surface area contributed by atoms with Crippen LogP contribution in [0.1, 0.15) is 11.1 Å². The molecule has 0 amide bonds. The first-order valence-corrected chi connectivity index (χ1v) is 6.32. The molecular formula is C15H14F2N2O2. The van der Waals surface area contributed by atoms with E-state index in [2.05, 4.69) is 0 Å². The molecule has 110 valence electrons. The molecule has 0 N–H and O–H groups in total. The average Bonchev–Trinajstić information content (AvgIpc) is 2.43. The van der Waals surface area contributed by atoms with Crippen LogP contribution in [0.5, 0.6) is 0 Å². The van der Waals surface area contributed by atoms with Gasteiger partial charge in [0.25, 0.3) is 0 Å².